The number of hydrogen-bond donors (Lipinski definition) is 0. The molecular weight excluding hydrogens is 394 g/mol. The van der Waals surface area contributed by atoms with Crippen molar-refractivity contribution in [2.45, 2.75) is 0 Å². The summed E-state index contributed by atoms with van der Waals surface area (Å²) in [6.07, 6.45) is 5.03. The monoisotopic (exact) mass is 415 g/mol. The van der Waals surface area contributed by atoms with Gasteiger partial charge in [0.25, 0.3) is 0 Å². The number of benzene rings is 2. The third-order valence-corrected chi connectivity index (χ3v) is 4.97. The zero-order valence-electron chi connectivity index (χ0n) is 17.4. The SMILES string of the molecule is COc1cc(C(=O)c2cc(-c3ccco3)ccc2-c2cccnc2)cc(OC)c1OC. The number of carbonyl (C=O) groups is 1. The smallest absolute Gasteiger partial charge is 0.203 e. The van der Waals surface area contributed by atoms with Crippen LogP contribution < -0.4 is 14.2 Å². The molecule has 0 spiro atoms. The Labute approximate surface area is 180 Å². The molecule has 4 aromatic rings. The fourth-order valence-corrected chi connectivity index (χ4v) is 3.47. The van der Waals surface area contributed by atoms with Crippen LogP contribution in [0.4, 0.5) is 0 Å². The van der Waals surface area contributed by atoms with Crippen LogP contribution in [0.25, 0.3) is 22.5 Å². The lowest BCUT2D eigenvalue weighted by atomic mass is 9.92. The summed E-state index contributed by atoms with van der Waals surface area (Å²) in [6.45, 7) is 0. The van der Waals surface area contributed by atoms with Crippen LogP contribution in [0, 0.1) is 0 Å². The number of hydrogen-bond acceptors (Lipinski definition) is 6. The number of aromatic nitrogens is 1. The van der Waals surface area contributed by atoms with Crippen molar-refractivity contribution in [3.05, 3.63) is 84.4 Å². The van der Waals surface area contributed by atoms with E-state index < -0.39 is 0 Å². The van der Waals surface area contributed by atoms with Gasteiger partial charge in [0.1, 0.15) is 5.76 Å². The van der Waals surface area contributed by atoms with Crippen LogP contribution >= 0.6 is 0 Å². The van der Waals surface area contributed by atoms with Crippen LogP contribution in [0.15, 0.2) is 77.7 Å². The van der Waals surface area contributed by atoms with Crippen molar-refractivity contribution in [3.63, 3.8) is 0 Å². The molecule has 0 saturated carbocycles. The number of ketones is 1. The summed E-state index contributed by atoms with van der Waals surface area (Å²) >= 11 is 0. The molecular formula is C25H21NO5. The summed E-state index contributed by atoms with van der Waals surface area (Å²) in [4.78, 5) is 17.9. The van der Waals surface area contributed by atoms with Gasteiger partial charge < -0.3 is 18.6 Å². The first-order chi connectivity index (χ1) is 15.2. The zero-order chi connectivity index (χ0) is 21.8. The zero-order valence-corrected chi connectivity index (χ0v) is 17.4. The van der Waals surface area contributed by atoms with Crippen molar-refractivity contribution < 1.29 is 23.4 Å². The Kier molecular flexibility index (Phi) is 5.71. The predicted octanol–water partition coefficient (Wildman–Crippen LogP) is 5.27. The van der Waals surface area contributed by atoms with Gasteiger partial charge in [-0.3, -0.25) is 9.78 Å². The van der Waals surface area contributed by atoms with E-state index in [9.17, 15) is 4.79 Å². The number of pyridine rings is 1. The van der Waals surface area contributed by atoms with E-state index in [2.05, 4.69) is 4.98 Å². The number of methoxy groups -OCH3 is 3. The van der Waals surface area contributed by atoms with Crippen molar-refractivity contribution >= 4 is 5.78 Å². The van der Waals surface area contributed by atoms with Crippen molar-refractivity contribution in [2.24, 2.45) is 0 Å². The van der Waals surface area contributed by atoms with Gasteiger partial charge in [-0.25, -0.2) is 0 Å². The van der Waals surface area contributed by atoms with Gasteiger partial charge in [-0.1, -0.05) is 18.2 Å². The van der Waals surface area contributed by atoms with Gasteiger partial charge in [0.05, 0.1) is 27.6 Å². The fourth-order valence-electron chi connectivity index (χ4n) is 3.47. The van der Waals surface area contributed by atoms with Gasteiger partial charge in [-0.15, -0.1) is 0 Å². The lowest BCUT2D eigenvalue weighted by Crippen LogP contribution is -2.06. The van der Waals surface area contributed by atoms with E-state index in [-0.39, 0.29) is 5.78 Å². The molecule has 0 aliphatic rings. The minimum absolute atomic E-state index is 0.188. The number of furan rings is 1. The first-order valence-corrected chi connectivity index (χ1v) is 9.59. The molecule has 0 unspecified atom stereocenters. The predicted molar refractivity (Wildman–Crippen MR) is 117 cm³/mol. The number of rotatable bonds is 7. The van der Waals surface area contributed by atoms with Crippen molar-refractivity contribution in [1.29, 1.82) is 0 Å². The summed E-state index contributed by atoms with van der Waals surface area (Å²) in [5.41, 5.74) is 3.33. The Morgan fingerprint density at radius 2 is 1.65 bits per heavy atom. The standard InChI is InChI=1S/C25H21NO5/c1-28-22-13-18(14-23(29-2)25(22)30-3)24(27)20-12-16(21-7-5-11-31-21)8-9-19(20)17-6-4-10-26-15-17/h4-15H,1-3H3. The van der Waals surface area contributed by atoms with Gasteiger partial charge in [-0.2, -0.15) is 0 Å². The highest BCUT2D eigenvalue weighted by Crippen LogP contribution is 2.39. The van der Waals surface area contributed by atoms with Crippen LogP contribution in [-0.4, -0.2) is 32.1 Å². The normalized spacial score (nSPS) is 10.5. The van der Waals surface area contributed by atoms with Crippen molar-refractivity contribution in [1.82, 2.24) is 4.98 Å². The van der Waals surface area contributed by atoms with E-state index in [1.807, 2.05) is 42.5 Å². The van der Waals surface area contributed by atoms with Crippen LogP contribution in [0.2, 0.25) is 0 Å². The van der Waals surface area contributed by atoms with E-state index in [0.717, 1.165) is 16.7 Å². The molecule has 4 rings (SSSR count). The molecule has 0 bridgehead atoms. The Hall–Kier alpha value is -4.06. The summed E-state index contributed by atoms with van der Waals surface area (Å²) in [5.74, 6) is 1.74. The average Bonchev–Trinajstić information content (AvgIpc) is 3.38. The van der Waals surface area contributed by atoms with Crippen molar-refractivity contribution in [2.75, 3.05) is 21.3 Å². The summed E-state index contributed by atoms with van der Waals surface area (Å²) in [7, 11) is 4.56. The molecule has 0 saturated heterocycles. The molecule has 0 atom stereocenters. The van der Waals surface area contributed by atoms with E-state index in [0.29, 0.717) is 34.1 Å². The molecule has 0 fully saturated rings. The topological polar surface area (TPSA) is 70.8 Å². The van der Waals surface area contributed by atoms with Crippen molar-refractivity contribution in [3.8, 4) is 39.7 Å². The quantitative estimate of drug-likeness (QED) is 0.383. The fraction of sp³-hybridized carbons (Fsp3) is 0.120. The maximum absolute atomic E-state index is 13.7. The third kappa shape index (κ3) is 3.88. The average molecular weight is 415 g/mol. The number of nitrogens with zero attached hydrogens (tertiary/aromatic N) is 1. The summed E-state index contributed by atoms with van der Waals surface area (Å²) in [5, 5.41) is 0. The molecule has 2 heterocycles. The van der Waals surface area contributed by atoms with Gasteiger partial charge in [0.2, 0.25) is 5.75 Å². The van der Waals surface area contributed by atoms with E-state index in [1.54, 1.807) is 30.8 Å². The minimum Gasteiger partial charge on any atom is -0.493 e. The van der Waals surface area contributed by atoms with E-state index in [1.165, 1.54) is 21.3 Å². The molecule has 0 amide bonds. The largest absolute Gasteiger partial charge is 0.493 e. The van der Waals surface area contributed by atoms with Gasteiger partial charge in [0, 0.05) is 34.6 Å². The second-order valence-corrected chi connectivity index (χ2v) is 6.72. The molecule has 2 aromatic carbocycles. The maximum Gasteiger partial charge on any atom is 0.203 e. The van der Waals surface area contributed by atoms with Gasteiger partial charge >= 0.3 is 0 Å². The highest BCUT2D eigenvalue weighted by atomic mass is 16.5. The first kappa shape index (κ1) is 20.2. The molecule has 156 valence electrons. The highest BCUT2D eigenvalue weighted by Gasteiger charge is 2.21. The molecule has 6 heteroatoms. The van der Waals surface area contributed by atoms with Crippen LogP contribution in [0.3, 0.4) is 0 Å². The van der Waals surface area contributed by atoms with E-state index in [4.69, 9.17) is 18.6 Å². The second kappa shape index (κ2) is 8.75. The second-order valence-electron chi connectivity index (χ2n) is 6.72. The van der Waals surface area contributed by atoms with E-state index >= 15 is 0 Å². The lowest BCUT2D eigenvalue weighted by Gasteiger charge is -2.15. The molecule has 0 aliphatic heterocycles. The highest BCUT2D eigenvalue weighted by molar-refractivity contribution is 6.14. The van der Waals surface area contributed by atoms with Crippen LogP contribution in [-0.2, 0) is 0 Å². The Balaban J connectivity index is 1.89. The van der Waals surface area contributed by atoms with Crippen LogP contribution in [0.1, 0.15) is 15.9 Å². The molecule has 0 aliphatic carbocycles. The van der Waals surface area contributed by atoms with Crippen LogP contribution in [0.5, 0.6) is 17.2 Å². The molecule has 0 radical (unpaired) electrons. The Morgan fingerprint density at radius 1 is 0.871 bits per heavy atom. The number of ether oxygens (including phenoxy) is 3. The minimum atomic E-state index is -0.188. The first-order valence-electron chi connectivity index (χ1n) is 9.59. The molecule has 2 aromatic heterocycles. The summed E-state index contributed by atoms with van der Waals surface area (Å²) < 4.78 is 21.7. The third-order valence-electron chi connectivity index (χ3n) is 4.97. The van der Waals surface area contributed by atoms with Gasteiger partial charge in [-0.05, 0) is 42.0 Å². The lowest BCUT2D eigenvalue weighted by molar-refractivity contribution is 0.103. The number of carbonyl (C=O) groups excluding carboxylic acids is 1. The molecule has 31 heavy (non-hydrogen) atoms. The summed E-state index contributed by atoms with van der Waals surface area (Å²) in [6, 6.07) is 16.4. The maximum atomic E-state index is 13.7. The Bertz CT molecular complexity index is 1180. The molecule has 6 nitrogen and oxygen atoms in total. The van der Waals surface area contributed by atoms with Gasteiger partial charge in [0.15, 0.2) is 17.3 Å². The molecule has 0 N–H and O–H groups in total. The Morgan fingerprint density at radius 3 is 2.23 bits per heavy atom.